The van der Waals surface area contributed by atoms with E-state index in [2.05, 4.69) is 19.1 Å². The van der Waals surface area contributed by atoms with Crippen LogP contribution in [0.15, 0.2) is 48.2 Å². The van der Waals surface area contributed by atoms with Crippen LogP contribution in [0.5, 0.6) is 0 Å². The van der Waals surface area contributed by atoms with E-state index in [-0.39, 0.29) is 18.7 Å². The Hall–Kier alpha value is -2.75. The summed E-state index contributed by atoms with van der Waals surface area (Å²) in [5, 5.41) is 8.67. The Balaban J connectivity index is 1.35. The average molecular weight is 569 g/mol. The fourth-order valence-corrected chi connectivity index (χ4v) is 5.75. The summed E-state index contributed by atoms with van der Waals surface area (Å²) in [5.41, 5.74) is 5.00. The SMILES string of the molecule is Cc1cc(C)c(C2=C(OCc3ccccc3)C3(CCC(OCCOCCOCCOCCO)CC3)OC2=O)c(C)c1. The van der Waals surface area contributed by atoms with Crippen LogP contribution in [0.3, 0.4) is 0 Å². The fraction of sp³-hybridized carbons (Fsp3) is 0.545. The fourth-order valence-electron chi connectivity index (χ4n) is 5.75. The molecule has 0 aromatic heterocycles. The van der Waals surface area contributed by atoms with Gasteiger partial charge in [-0.25, -0.2) is 4.79 Å². The number of rotatable bonds is 16. The van der Waals surface area contributed by atoms with Gasteiger partial charge in [0.2, 0.25) is 0 Å². The molecule has 0 amide bonds. The van der Waals surface area contributed by atoms with Crippen LogP contribution in [0.4, 0.5) is 0 Å². The Labute approximate surface area is 243 Å². The molecule has 2 aromatic rings. The van der Waals surface area contributed by atoms with Crippen LogP contribution in [0.25, 0.3) is 5.57 Å². The first kappa shape index (κ1) is 31.2. The predicted molar refractivity (Wildman–Crippen MR) is 155 cm³/mol. The molecule has 2 aromatic carbocycles. The topological polar surface area (TPSA) is 92.7 Å². The van der Waals surface area contributed by atoms with Crippen LogP contribution >= 0.6 is 0 Å². The molecule has 0 radical (unpaired) electrons. The van der Waals surface area contributed by atoms with Gasteiger partial charge in [0.25, 0.3) is 0 Å². The van der Waals surface area contributed by atoms with Crippen molar-refractivity contribution in [3.8, 4) is 0 Å². The van der Waals surface area contributed by atoms with Gasteiger partial charge in [0.05, 0.1) is 59.0 Å². The van der Waals surface area contributed by atoms with Crippen LogP contribution in [-0.2, 0) is 39.8 Å². The molecule has 8 heteroatoms. The third-order valence-corrected chi connectivity index (χ3v) is 7.59. The minimum Gasteiger partial charge on any atom is -0.488 e. The molecule has 0 saturated heterocycles. The van der Waals surface area contributed by atoms with E-state index in [0.717, 1.165) is 40.7 Å². The van der Waals surface area contributed by atoms with Gasteiger partial charge in [-0.3, -0.25) is 0 Å². The molecule has 224 valence electrons. The zero-order chi connectivity index (χ0) is 29.1. The third-order valence-electron chi connectivity index (χ3n) is 7.59. The van der Waals surface area contributed by atoms with Crippen LogP contribution < -0.4 is 0 Å². The van der Waals surface area contributed by atoms with Gasteiger partial charge in [-0.15, -0.1) is 0 Å². The van der Waals surface area contributed by atoms with Gasteiger partial charge in [-0.1, -0.05) is 48.0 Å². The van der Waals surface area contributed by atoms with Gasteiger partial charge in [-0.2, -0.15) is 0 Å². The van der Waals surface area contributed by atoms with E-state index in [1.165, 1.54) is 0 Å². The van der Waals surface area contributed by atoms with Crippen molar-refractivity contribution in [2.24, 2.45) is 0 Å². The summed E-state index contributed by atoms with van der Waals surface area (Å²) in [6.07, 6.45) is 2.90. The Morgan fingerprint density at radius 3 is 2.05 bits per heavy atom. The molecule has 1 aliphatic heterocycles. The van der Waals surface area contributed by atoms with Crippen molar-refractivity contribution >= 4 is 11.5 Å². The number of ether oxygens (including phenoxy) is 6. The van der Waals surface area contributed by atoms with E-state index < -0.39 is 5.60 Å². The van der Waals surface area contributed by atoms with Gasteiger partial charge in [0, 0.05) is 0 Å². The molecule has 1 spiro atoms. The molecule has 0 unspecified atom stereocenters. The Kier molecular flexibility index (Phi) is 11.8. The van der Waals surface area contributed by atoms with E-state index >= 15 is 0 Å². The molecule has 0 bridgehead atoms. The molecule has 2 aliphatic rings. The molecule has 41 heavy (non-hydrogen) atoms. The lowest BCUT2D eigenvalue weighted by atomic mass is 9.80. The number of aliphatic hydroxyl groups excluding tert-OH is 1. The minimum absolute atomic E-state index is 0.0179. The van der Waals surface area contributed by atoms with Crippen LogP contribution in [-0.4, -0.2) is 75.6 Å². The monoisotopic (exact) mass is 568 g/mol. The highest BCUT2D eigenvalue weighted by Gasteiger charge is 2.52. The summed E-state index contributed by atoms with van der Waals surface area (Å²) in [7, 11) is 0. The summed E-state index contributed by atoms with van der Waals surface area (Å²) < 4.78 is 35.0. The van der Waals surface area contributed by atoms with Crippen LogP contribution in [0.1, 0.15) is 53.5 Å². The molecule has 1 saturated carbocycles. The number of aliphatic hydroxyl groups is 1. The average Bonchev–Trinajstić information content (AvgIpc) is 3.21. The van der Waals surface area contributed by atoms with Crippen molar-refractivity contribution in [1.29, 1.82) is 0 Å². The van der Waals surface area contributed by atoms with Gasteiger partial charge >= 0.3 is 5.97 Å². The Morgan fingerprint density at radius 2 is 1.44 bits per heavy atom. The molecular formula is C33H44O8. The van der Waals surface area contributed by atoms with Crippen LogP contribution in [0, 0.1) is 20.8 Å². The predicted octanol–water partition coefficient (Wildman–Crippen LogP) is 4.84. The second-order valence-corrected chi connectivity index (χ2v) is 10.8. The molecule has 0 atom stereocenters. The molecule has 4 rings (SSSR count). The van der Waals surface area contributed by atoms with Gasteiger partial charge in [0.1, 0.15) is 12.2 Å². The van der Waals surface area contributed by atoms with E-state index in [1.807, 2.05) is 44.2 Å². The highest BCUT2D eigenvalue weighted by atomic mass is 16.6. The van der Waals surface area contributed by atoms with Crippen molar-refractivity contribution < 1.29 is 38.3 Å². The second-order valence-electron chi connectivity index (χ2n) is 10.8. The summed E-state index contributed by atoms with van der Waals surface area (Å²) in [5.74, 6) is 0.350. The second kappa shape index (κ2) is 15.5. The summed E-state index contributed by atoms with van der Waals surface area (Å²) >= 11 is 0. The number of benzene rings is 2. The number of aryl methyl sites for hydroxylation is 3. The molecule has 1 fully saturated rings. The maximum atomic E-state index is 13.5. The van der Waals surface area contributed by atoms with E-state index in [4.69, 9.17) is 33.5 Å². The summed E-state index contributed by atoms with van der Waals surface area (Å²) in [6, 6.07) is 14.2. The molecule has 1 heterocycles. The lowest BCUT2D eigenvalue weighted by Crippen LogP contribution is -2.40. The first-order valence-corrected chi connectivity index (χ1v) is 14.6. The van der Waals surface area contributed by atoms with Crippen molar-refractivity contribution in [2.75, 3.05) is 52.9 Å². The van der Waals surface area contributed by atoms with Gasteiger partial charge in [-0.05, 0) is 68.7 Å². The van der Waals surface area contributed by atoms with Crippen molar-refractivity contribution in [3.05, 3.63) is 76.0 Å². The molecule has 8 nitrogen and oxygen atoms in total. The van der Waals surface area contributed by atoms with Gasteiger partial charge < -0.3 is 33.5 Å². The van der Waals surface area contributed by atoms with Crippen molar-refractivity contribution in [1.82, 2.24) is 0 Å². The summed E-state index contributed by atoms with van der Waals surface area (Å²) in [6.45, 7) is 9.77. The number of hydrogen-bond acceptors (Lipinski definition) is 8. The van der Waals surface area contributed by atoms with E-state index in [0.29, 0.717) is 77.0 Å². The number of carbonyl (C=O) groups excluding carboxylic acids is 1. The molecular weight excluding hydrogens is 524 g/mol. The maximum Gasteiger partial charge on any atom is 0.343 e. The van der Waals surface area contributed by atoms with Crippen molar-refractivity contribution in [3.63, 3.8) is 0 Å². The minimum atomic E-state index is -0.778. The lowest BCUT2D eigenvalue weighted by Gasteiger charge is -2.37. The Bertz CT molecular complexity index is 1130. The quantitative estimate of drug-likeness (QED) is 0.227. The van der Waals surface area contributed by atoms with E-state index in [1.54, 1.807) is 0 Å². The molecule has 1 aliphatic carbocycles. The molecule has 1 N–H and O–H groups in total. The standard InChI is InChI=1S/C33H44O8/c1-24-21-25(2)29(26(3)22-24)30-31(40-23-27-7-5-4-6-8-27)33(41-32(30)35)11-9-28(10-12-33)39-20-19-38-18-17-37-16-15-36-14-13-34/h4-8,21-22,28,34H,9-20,23H2,1-3H3. The maximum absolute atomic E-state index is 13.5. The Morgan fingerprint density at radius 1 is 0.854 bits per heavy atom. The third kappa shape index (κ3) is 8.40. The smallest absolute Gasteiger partial charge is 0.343 e. The number of hydrogen-bond donors (Lipinski definition) is 1. The van der Waals surface area contributed by atoms with Gasteiger partial charge in [0.15, 0.2) is 11.4 Å². The summed E-state index contributed by atoms with van der Waals surface area (Å²) in [4.78, 5) is 13.5. The number of esters is 1. The van der Waals surface area contributed by atoms with Crippen LogP contribution in [0.2, 0.25) is 0 Å². The number of carbonyl (C=O) groups is 1. The largest absolute Gasteiger partial charge is 0.488 e. The van der Waals surface area contributed by atoms with E-state index in [9.17, 15) is 4.79 Å². The zero-order valence-corrected chi connectivity index (χ0v) is 24.6. The first-order chi connectivity index (χ1) is 19.9. The zero-order valence-electron chi connectivity index (χ0n) is 24.6. The van der Waals surface area contributed by atoms with Crippen molar-refractivity contribution in [2.45, 2.75) is 64.8 Å². The highest BCUT2D eigenvalue weighted by Crippen LogP contribution is 2.48. The normalized spacial score (nSPS) is 20.6. The first-order valence-electron chi connectivity index (χ1n) is 14.6. The highest BCUT2D eigenvalue weighted by molar-refractivity contribution is 6.20. The lowest BCUT2D eigenvalue weighted by molar-refractivity contribution is -0.154.